The van der Waals surface area contributed by atoms with Gasteiger partial charge in [-0.25, -0.2) is 18.7 Å². The van der Waals surface area contributed by atoms with Crippen molar-refractivity contribution in [3.05, 3.63) is 77.0 Å². The maximum absolute atomic E-state index is 17.3. The second-order valence-corrected chi connectivity index (χ2v) is 13.8. The summed E-state index contributed by atoms with van der Waals surface area (Å²) < 4.78 is 72.5. The van der Waals surface area contributed by atoms with Crippen LogP contribution in [0.1, 0.15) is 49.8 Å². The molecule has 0 amide bonds. The maximum atomic E-state index is 17.3. The van der Waals surface area contributed by atoms with E-state index in [1.165, 1.54) is 18.2 Å². The van der Waals surface area contributed by atoms with E-state index in [4.69, 9.17) is 26.6 Å². The number of rotatable bonds is 7. The van der Waals surface area contributed by atoms with Crippen LogP contribution in [-0.2, 0) is 0 Å². The molecule has 1 unspecified atom stereocenters. The van der Waals surface area contributed by atoms with E-state index in [0.717, 1.165) is 12.5 Å². The lowest BCUT2D eigenvalue weighted by molar-refractivity contribution is 0.108. The molecular weight excluding hydrogens is 704 g/mol. The largest absolute Gasteiger partial charge is 0.508 e. The molecule has 5 aromatic rings. The third-order valence-corrected chi connectivity index (χ3v) is 10.7. The average molecular weight is 737 g/mol. The van der Waals surface area contributed by atoms with Crippen LogP contribution >= 0.6 is 0 Å². The molecule has 0 saturated carbocycles. The molecule has 3 atom stereocenters. The number of hydrogen-bond donors (Lipinski definition) is 2. The predicted molar refractivity (Wildman–Crippen MR) is 192 cm³/mol. The van der Waals surface area contributed by atoms with Gasteiger partial charge in [0.15, 0.2) is 5.82 Å². The number of nitrogens with zero attached hydrogens (tertiary/aromatic N) is 7. The summed E-state index contributed by atoms with van der Waals surface area (Å²) in [6, 6.07) is 9.30. The van der Waals surface area contributed by atoms with E-state index in [1.807, 2.05) is 11.8 Å². The van der Waals surface area contributed by atoms with Gasteiger partial charge in [-0.2, -0.15) is 24.0 Å². The number of halogens is 4. The molecule has 2 saturated heterocycles. The molecule has 0 radical (unpaired) electrons. The molecule has 15 heteroatoms. The third kappa shape index (κ3) is 5.63. The van der Waals surface area contributed by atoms with Crippen LogP contribution in [0, 0.1) is 35.3 Å². The van der Waals surface area contributed by atoms with Crippen LogP contribution in [0.5, 0.6) is 17.6 Å². The Hall–Kier alpha value is -6.19. The van der Waals surface area contributed by atoms with Gasteiger partial charge in [0, 0.05) is 34.8 Å². The first-order chi connectivity index (χ1) is 26.0. The van der Waals surface area contributed by atoms with Crippen molar-refractivity contribution in [2.24, 2.45) is 0 Å². The zero-order valence-corrected chi connectivity index (χ0v) is 28.9. The zero-order chi connectivity index (χ0) is 37.9. The van der Waals surface area contributed by atoms with Crippen molar-refractivity contribution in [1.82, 2.24) is 24.8 Å². The van der Waals surface area contributed by atoms with E-state index in [1.54, 1.807) is 23.2 Å². The van der Waals surface area contributed by atoms with Gasteiger partial charge in [0.25, 0.3) is 6.08 Å². The van der Waals surface area contributed by atoms with Crippen molar-refractivity contribution >= 4 is 33.3 Å². The zero-order valence-electron chi connectivity index (χ0n) is 28.9. The molecule has 6 heterocycles. The van der Waals surface area contributed by atoms with Gasteiger partial charge in [-0.05, 0) is 62.4 Å². The first kappa shape index (κ1) is 34.9. The van der Waals surface area contributed by atoms with Crippen LogP contribution in [0.25, 0.3) is 32.9 Å². The smallest absolute Gasteiger partial charge is 0.319 e. The predicted octanol–water partition coefficient (Wildman–Crippen LogP) is 6.80. The standard InChI is InChI=1S/C39H32F4N8O3/c1-3-25-28(40)8-7-21-14-24(52)15-27(29(21)25)32-31(41)33-30-36(49-38(48-33)54-19-39-10-5-13-50(39)17-22(16-39)34(42)43)51(20(2)26-6-4-12-46-35(26)45)23(9-11-44)18-53-37(30)47-32/h1,4,6-8,12,14-15,20,23,52H,5,9-10,13,16-19H2,2H3,(H2,45,46)/t20?,23-,39-/m0/s1. The summed E-state index contributed by atoms with van der Waals surface area (Å²) in [6.07, 6.45) is 6.98. The molecule has 54 heavy (non-hydrogen) atoms. The molecule has 3 aliphatic heterocycles. The van der Waals surface area contributed by atoms with E-state index in [-0.39, 0.29) is 101 Å². The summed E-state index contributed by atoms with van der Waals surface area (Å²) in [5.74, 6) is 0.608. The fourth-order valence-corrected chi connectivity index (χ4v) is 8.18. The highest BCUT2D eigenvalue weighted by atomic mass is 19.3. The molecule has 3 aromatic heterocycles. The Morgan fingerprint density at radius 1 is 1.20 bits per heavy atom. The number of aromatic hydroxyl groups is 1. The molecule has 274 valence electrons. The second-order valence-electron chi connectivity index (χ2n) is 13.8. The minimum Gasteiger partial charge on any atom is -0.508 e. The molecule has 2 fully saturated rings. The lowest BCUT2D eigenvalue weighted by Crippen LogP contribution is -2.43. The summed E-state index contributed by atoms with van der Waals surface area (Å²) in [6.45, 7) is 2.39. The Balaban J connectivity index is 1.37. The van der Waals surface area contributed by atoms with Crippen LogP contribution in [0.4, 0.5) is 29.2 Å². The van der Waals surface area contributed by atoms with E-state index in [0.29, 0.717) is 23.9 Å². The fourth-order valence-electron chi connectivity index (χ4n) is 8.18. The van der Waals surface area contributed by atoms with Gasteiger partial charge < -0.3 is 25.2 Å². The number of pyridine rings is 2. The van der Waals surface area contributed by atoms with E-state index < -0.39 is 35.3 Å². The maximum Gasteiger partial charge on any atom is 0.319 e. The molecule has 0 bridgehead atoms. The highest BCUT2D eigenvalue weighted by Gasteiger charge is 2.48. The highest BCUT2D eigenvalue weighted by Crippen LogP contribution is 2.47. The average Bonchev–Trinajstić information content (AvgIpc) is 3.67. The van der Waals surface area contributed by atoms with Gasteiger partial charge in [-0.15, -0.1) is 6.42 Å². The molecule has 2 aromatic carbocycles. The van der Waals surface area contributed by atoms with E-state index >= 15 is 8.78 Å². The number of aromatic nitrogens is 4. The number of phenolic OH excluding ortho intramolecular Hbond substituents is 1. The Kier molecular flexibility index (Phi) is 8.62. The summed E-state index contributed by atoms with van der Waals surface area (Å²) in [4.78, 5) is 21.9. The molecule has 0 aliphatic carbocycles. The third-order valence-electron chi connectivity index (χ3n) is 10.7. The number of hydrogen-bond acceptors (Lipinski definition) is 11. The minimum atomic E-state index is -1.71. The number of terminal acetylenes is 1. The highest BCUT2D eigenvalue weighted by molar-refractivity contribution is 6.04. The monoisotopic (exact) mass is 736 g/mol. The van der Waals surface area contributed by atoms with Crippen LogP contribution in [0.3, 0.4) is 0 Å². The van der Waals surface area contributed by atoms with Gasteiger partial charge in [-0.3, -0.25) is 4.90 Å². The normalized spacial score (nSPS) is 19.9. The van der Waals surface area contributed by atoms with Crippen molar-refractivity contribution in [3.8, 4) is 47.3 Å². The second kappa shape index (κ2) is 13.3. The first-order valence-corrected chi connectivity index (χ1v) is 17.3. The first-order valence-electron chi connectivity index (χ1n) is 17.3. The van der Waals surface area contributed by atoms with Crippen LogP contribution in [0.2, 0.25) is 0 Å². The van der Waals surface area contributed by atoms with Crippen molar-refractivity contribution < 1.29 is 32.1 Å². The van der Waals surface area contributed by atoms with E-state index in [2.05, 4.69) is 26.9 Å². The van der Waals surface area contributed by atoms with Gasteiger partial charge in [0.1, 0.15) is 53.0 Å². The SMILES string of the molecule is C#Cc1c(F)ccc2cc(O)cc(-c3nc4c5c(nc(OC[C@@]67CCCN6CC(=C(F)F)C7)nc5c3F)N(C(C)c3cccnc3N)[C@@H](CC#N)CO4)c12. The summed E-state index contributed by atoms with van der Waals surface area (Å²) in [5, 5.41) is 21.2. The van der Waals surface area contributed by atoms with Gasteiger partial charge in [0.2, 0.25) is 5.88 Å². The number of ether oxygens (including phenoxy) is 2. The quantitative estimate of drug-likeness (QED) is 0.134. The molecule has 0 spiro atoms. The number of anilines is 2. The van der Waals surface area contributed by atoms with E-state index in [9.17, 15) is 19.1 Å². The molecule has 11 nitrogen and oxygen atoms in total. The van der Waals surface area contributed by atoms with Gasteiger partial charge in [0.05, 0.1) is 35.7 Å². The number of nitrogen functional groups attached to an aromatic ring is 1. The Bertz CT molecular complexity index is 2480. The molecule has 3 aliphatic rings. The van der Waals surface area contributed by atoms with Crippen molar-refractivity contribution in [1.29, 1.82) is 5.26 Å². The number of nitriles is 1. The van der Waals surface area contributed by atoms with Crippen LogP contribution < -0.4 is 20.1 Å². The number of nitrogens with two attached hydrogens (primary N) is 1. The summed E-state index contributed by atoms with van der Waals surface area (Å²) in [5.41, 5.74) is 5.39. The van der Waals surface area contributed by atoms with Crippen molar-refractivity contribution in [3.63, 3.8) is 0 Å². The Labute approximate surface area is 306 Å². The lowest BCUT2D eigenvalue weighted by atomic mass is 9.94. The summed E-state index contributed by atoms with van der Waals surface area (Å²) >= 11 is 0. The minimum absolute atomic E-state index is 0.0236. The Morgan fingerprint density at radius 3 is 2.80 bits per heavy atom. The summed E-state index contributed by atoms with van der Waals surface area (Å²) in [7, 11) is 0. The van der Waals surface area contributed by atoms with Crippen molar-refractivity contribution in [2.45, 2.75) is 50.2 Å². The van der Waals surface area contributed by atoms with Crippen LogP contribution in [0.15, 0.2) is 54.2 Å². The van der Waals surface area contributed by atoms with Gasteiger partial charge >= 0.3 is 6.01 Å². The fraction of sp³-hybridized carbons (Fsp3) is 0.308. The van der Waals surface area contributed by atoms with Crippen LogP contribution in [-0.4, -0.2) is 67.8 Å². The van der Waals surface area contributed by atoms with Gasteiger partial charge in [-0.1, -0.05) is 18.1 Å². The molecule has 8 rings (SSSR count). The number of fused-ring (bicyclic) bond motifs is 2. The molecule has 3 N–H and O–H groups in total. The number of phenols is 1. The Morgan fingerprint density at radius 2 is 2.04 bits per heavy atom. The lowest BCUT2D eigenvalue weighted by Gasteiger charge is -2.36. The van der Waals surface area contributed by atoms with Crippen molar-refractivity contribution in [2.75, 3.05) is 36.9 Å². The topological polar surface area (TPSA) is 147 Å². The number of benzene rings is 2. The molecular formula is C39H32F4N8O3.